The molecule has 1 aliphatic heterocycles. The molecule has 0 atom stereocenters. The molecule has 0 saturated carbocycles. The first-order chi connectivity index (χ1) is 13.3. The van der Waals surface area contributed by atoms with Gasteiger partial charge >= 0.3 is 0 Å². The van der Waals surface area contributed by atoms with Crippen molar-refractivity contribution in [3.05, 3.63) is 59.1 Å². The number of amides is 1. The van der Waals surface area contributed by atoms with Crippen molar-refractivity contribution in [1.29, 1.82) is 0 Å². The lowest BCUT2D eigenvalue weighted by molar-refractivity contribution is -0.130. The Balaban J connectivity index is 1.98. The van der Waals surface area contributed by atoms with Crippen LogP contribution >= 0.6 is 11.6 Å². The quantitative estimate of drug-likeness (QED) is 0.731. The molecule has 0 bridgehead atoms. The summed E-state index contributed by atoms with van der Waals surface area (Å²) in [5, 5.41) is 0.424. The number of benzene rings is 2. The highest BCUT2D eigenvalue weighted by Gasteiger charge is 2.31. The van der Waals surface area contributed by atoms with Gasteiger partial charge in [-0.15, -0.1) is 0 Å². The number of anilines is 1. The van der Waals surface area contributed by atoms with Gasteiger partial charge in [-0.2, -0.15) is 0 Å². The fourth-order valence-corrected chi connectivity index (χ4v) is 5.01. The second kappa shape index (κ2) is 8.53. The summed E-state index contributed by atoms with van der Waals surface area (Å²) in [6.45, 7) is 5.06. The summed E-state index contributed by atoms with van der Waals surface area (Å²) in [7, 11) is -3.91. The lowest BCUT2D eigenvalue weighted by atomic mass is 9.99. The number of carbonyl (C=O) groups excluding carboxylic acids is 1. The maximum absolute atomic E-state index is 13.4. The van der Waals surface area contributed by atoms with Gasteiger partial charge in [-0.25, -0.2) is 8.42 Å². The summed E-state index contributed by atoms with van der Waals surface area (Å²) in [5.74, 6) is 0.397. The molecule has 0 aromatic heterocycles. The van der Waals surface area contributed by atoms with E-state index in [1.54, 1.807) is 41.3 Å². The Morgan fingerprint density at radius 3 is 2.43 bits per heavy atom. The molecule has 3 rings (SSSR count). The zero-order valence-corrected chi connectivity index (χ0v) is 17.7. The van der Waals surface area contributed by atoms with Gasteiger partial charge in [0.05, 0.1) is 10.6 Å². The van der Waals surface area contributed by atoms with E-state index in [-0.39, 0.29) is 17.3 Å². The zero-order valence-electron chi connectivity index (χ0n) is 16.1. The number of nitrogens with zero attached hydrogens (tertiary/aromatic N) is 2. The number of carbonyl (C=O) groups is 1. The van der Waals surface area contributed by atoms with Crippen molar-refractivity contribution in [3.63, 3.8) is 0 Å². The summed E-state index contributed by atoms with van der Waals surface area (Å²) >= 11 is 6.14. The van der Waals surface area contributed by atoms with Gasteiger partial charge < -0.3 is 4.90 Å². The van der Waals surface area contributed by atoms with E-state index in [9.17, 15) is 13.2 Å². The van der Waals surface area contributed by atoms with Crippen LogP contribution in [0.3, 0.4) is 0 Å². The minimum Gasteiger partial charge on any atom is -0.341 e. The predicted molar refractivity (Wildman–Crippen MR) is 112 cm³/mol. The summed E-state index contributed by atoms with van der Waals surface area (Å²) in [5.41, 5.74) is 1.17. The Morgan fingerprint density at radius 2 is 1.79 bits per heavy atom. The topological polar surface area (TPSA) is 57.7 Å². The smallest absolute Gasteiger partial charge is 0.264 e. The van der Waals surface area contributed by atoms with E-state index in [1.807, 2.05) is 6.92 Å². The first-order valence-electron chi connectivity index (χ1n) is 9.41. The van der Waals surface area contributed by atoms with Gasteiger partial charge in [0.15, 0.2) is 0 Å². The SMILES string of the molecule is Cc1ccc(Cl)cc1N(CC(=O)N1CCC(C)CC1)S(=O)(=O)c1ccccc1. The second-order valence-corrected chi connectivity index (χ2v) is 9.62. The molecule has 1 saturated heterocycles. The zero-order chi connectivity index (χ0) is 20.3. The molecule has 1 aliphatic rings. The second-order valence-electron chi connectivity index (χ2n) is 7.32. The molecule has 5 nitrogen and oxygen atoms in total. The molecule has 0 unspecified atom stereocenters. The highest BCUT2D eigenvalue weighted by Crippen LogP contribution is 2.30. The highest BCUT2D eigenvalue weighted by molar-refractivity contribution is 7.92. The third-order valence-electron chi connectivity index (χ3n) is 5.19. The van der Waals surface area contributed by atoms with Crippen molar-refractivity contribution < 1.29 is 13.2 Å². The summed E-state index contributed by atoms with van der Waals surface area (Å²) in [6, 6.07) is 13.2. The van der Waals surface area contributed by atoms with Crippen molar-refractivity contribution in [2.24, 2.45) is 5.92 Å². The lowest BCUT2D eigenvalue weighted by Crippen LogP contribution is -2.46. The average molecular weight is 421 g/mol. The summed E-state index contributed by atoms with van der Waals surface area (Å²) in [4.78, 5) is 14.9. The maximum atomic E-state index is 13.4. The third-order valence-corrected chi connectivity index (χ3v) is 7.20. The molecule has 2 aromatic rings. The number of likely N-dealkylation sites (tertiary alicyclic amines) is 1. The highest BCUT2D eigenvalue weighted by atomic mass is 35.5. The van der Waals surface area contributed by atoms with Crippen LogP contribution in [0, 0.1) is 12.8 Å². The van der Waals surface area contributed by atoms with Gasteiger partial charge in [0.2, 0.25) is 5.91 Å². The van der Waals surface area contributed by atoms with Crippen LogP contribution in [0.2, 0.25) is 5.02 Å². The number of halogens is 1. The predicted octanol–water partition coefficient (Wildman–Crippen LogP) is 4.10. The molecule has 28 heavy (non-hydrogen) atoms. The normalized spacial score (nSPS) is 15.5. The van der Waals surface area contributed by atoms with Gasteiger partial charge in [-0.3, -0.25) is 9.10 Å². The van der Waals surface area contributed by atoms with Crippen molar-refractivity contribution >= 4 is 33.2 Å². The van der Waals surface area contributed by atoms with Crippen LogP contribution in [0.5, 0.6) is 0 Å². The fourth-order valence-electron chi connectivity index (χ4n) is 3.35. The van der Waals surface area contributed by atoms with Crippen LogP contribution in [-0.2, 0) is 14.8 Å². The molecule has 1 amide bonds. The Morgan fingerprint density at radius 1 is 1.14 bits per heavy atom. The van der Waals surface area contributed by atoms with Crippen LogP contribution in [0.1, 0.15) is 25.3 Å². The largest absolute Gasteiger partial charge is 0.341 e. The van der Waals surface area contributed by atoms with E-state index in [2.05, 4.69) is 6.92 Å². The Bertz CT molecular complexity index is 939. The molecular formula is C21H25ClN2O3S. The van der Waals surface area contributed by atoms with E-state index in [0.29, 0.717) is 29.7 Å². The van der Waals surface area contributed by atoms with Crippen LogP contribution in [0.25, 0.3) is 0 Å². The number of sulfonamides is 1. The minimum absolute atomic E-state index is 0.148. The molecule has 1 fully saturated rings. The number of rotatable bonds is 5. The molecule has 2 aromatic carbocycles. The summed E-state index contributed by atoms with van der Waals surface area (Å²) < 4.78 is 27.9. The molecular weight excluding hydrogens is 396 g/mol. The van der Waals surface area contributed by atoms with Gasteiger partial charge in [0.1, 0.15) is 6.54 Å². The number of piperidine rings is 1. The average Bonchev–Trinajstić information content (AvgIpc) is 2.69. The number of hydrogen-bond acceptors (Lipinski definition) is 3. The van der Waals surface area contributed by atoms with Gasteiger partial charge in [0, 0.05) is 18.1 Å². The molecule has 7 heteroatoms. The summed E-state index contributed by atoms with van der Waals surface area (Å²) in [6.07, 6.45) is 1.88. The van der Waals surface area contributed by atoms with E-state index < -0.39 is 10.0 Å². The number of hydrogen-bond donors (Lipinski definition) is 0. The number of aryl methyl sites for hydroxylation is 1. The van der Waals surface area contributed by atoms with Crippen LogP contribution in [-0.4, -0.2) is 38.9 Å². The first-order valence-corrected chi connectivity index (χ1v) is 11.2. The maximum Gasteiger partial charge on any atom is 0.264 e. The van der Waals surface area contributed by atoms with E-state index in [4.69, 9.17) is 11.6 Å². The standard InChI is InChI=1S/C21H25ClN2O3S/c1-16-10-12-23(13-11-16)21(25)15-24(20-14-18(22)9-8-17(20)2)28(26,27)19-6-4-3-5-7-19/h3-9,14,16H,10-13,15H2,1-2H3. The first kappa shape index (κ1) is 20.7. The Labute approximate surface area is 172 Å². The Kier molecular flexibility index (Phi) is 6.30. The van der Waals surface area contributed by atoms with E-state index in [0.717, 1.165) is 18.4 Å². The van der Waals surface area contributed by atoms with Gasteiger partial charge in [0.25, 0.3) is 10.0 Å². The molecule has 0 spiro atoms. The molecule has 0 aliphatic carbocycles. The molecule has 1 heterocycles. The Hall–Kier alpha value is -2.05. The van der Waals surface area contributed by atoms with E-state index in [1.165, 1.54) is 16.4 Å². The molecule has 0 radical (unpaired) electrons. The van der Waals surface area contributed by atoms with E-state index >= 15 is 0 Å². The van der Waals surface area contributed by atoms with Crippen molar-refractivity contribution in [2.45, 2.75) is 31.6 Å². The van der Waals surface area contributed by atoms with Crippen molar-refractivity contribution in [1.82, 2.24) is 4.90 Å². The minimum atomic E-state index is -3.91. The molecule has 150 valence electrons. The van der Waals surface area contributed by atoms with Crippen molar-refractivity contribution in [2.75, 3.05) is 23.9 Å². The third kappa shape index (κ3) is 4.50. The van der Waals surface area contributed by atoms with Crippen LogP contribution in [0.15, 0.2) is 53.4 Å². The van der Waals surface area contributed by atoms with Crippen molar-refractivity contribution in [3.8, 4) is 0 Å². The lowest BCUT2D eigenvalue weighted by Gasteiger charge is -2.33. The fraction of sp³-hybridized carbons (Fsp3) is 0.381. The molecule has 0 N–H and O–H groups in total. The van der Waals surface area contributed by atoms with Crippen LogP contribution in [0.4, 0.5) is 5.69 Å². The monoisotopic (exact) mass is 420 g/mol. The van der Waals surface area contributed by atoms with Gasteiger partial charge in [-0.05, 0) is 55.5 Å². The van der Waals surface area contributed by atoms with Gasteiger partial charge in [-0.1, -0.05) is 42.8 Å². The van der Waals surface area contributed by atoms with Crippen LogP contribution < -0.4 is 4.31 Å².